The molecule has 104 valence electrons. The Hall–Kier alpha value is -1.62. The highest BCUT2D eigenvalue weighted by atomic mass is 19.1. The normalized spacial score (nSPS) is 23.2. The summed E-state index contributed by atoms with van der Waals surface area (Å²) in [5.74, 6) is -0.205. The van der Waals surface area contributed by atoms with E-state index in [1.165, 1.54) is 12.1 Å². The third-order valence-electron chi connectivity index (χ3n) is 3.33. The number of ether oxygens (including phenoxy) is 1. The molecule has 5 heteroatoms. The van der Waals surface area contributed by atoms with Gasteiger partial charge in [0.05, 0.1) is 6.61 Å². The zero-order chi connectivity index (χ0) is 13.8. The van der Waals surface area contributed by atoms with E-state index in [0.717, 1.165) is 12.0 Å². The van der Waals surface area contributed by atoms with E-state index in [9.17, 15) is 9.18 Å². The van der Waals surface area contributed by atoms with Crippen molar-refractivity contribution in [1.82, 2.24) is 4.90 Å². The van der Waals surface area contributed by atoms with E-state index < -0.39 is 0 Å². The van der Waals surface area contributed by atoms with Crippen molar-refractivity contribution in [2.75, 3.05) is 19.7 Å². The summed E-state index contributed by atoms with van der Waals surface area (Å²) in [6, 6.07) is 6.36. The number of hydrogen-bond acceptors (Lipinski definition) is 3. The van der Waals surface area contributed by atoms with Gasteiger partial charge in [0.25, 0.3) is 0 Å². The highest BCUT2D eigenvalue weighted by molar-refractivity contribution is 5.68. The second-order valence-corrected chi connectivity index (χ2v) is 4.85. The maximum Gasteiger partial charge on any atom is 0.409 e. The molecule has 1 amide bonds. The molecule has 4 nitrogen and oxygen atoms in total. The lowest BCUT2D eigenvalue weighted by molar-refractivity contribution is 0.0917. The lowest BCUT2D eigenvalue weighted by Crippen LogP contribution is -2.48. The number of hydrogen-bond donors (Lipinski definition) is 1. The lowest BCUT2D eigenvalue weighted by atomic mass is 9.88. The largest absolute Gasteiger partial charge is 0.450 e. The SMILES string of the molecule is CCOC(=O)N1CC(N)CC(c2cccc(F)c2)C1. The van der Waals surface area contributed by atoms with Crippen LogP contribution in [0.25, 0.3) is 0 Å². The molecule has 1 saturated heterocycles. The number of likely N-dealkylation sites (tertiary alicyclic amines) is 1. The summed E-state index contributed by atoms with van der Waals surface area (Å²) < 4.78 is 18.3. The van der Waals surface area contributed by atoms with Gasteiger partial charge < -0.3 is 15.4 Å². The Kier molecular flexibility index (Phi) is 4.37. The summed E-state index contributed by atoms with van der Waals surface area (Å²) >= 11 is 0. The smallest absolute Gasteiger partial charge is 0.409 e. The standard InChI is InChI=1S/C14H19FN2O2/c1-2-19-14(18)17-8-11(7-13(16)9-17)10-4-3-5-12(15)6-10/h3-6,11,13H,2,7-9,16H2,1H3. The first kappa shape index (κ1) is 13.8. The van der Waals surface area contributed by atoms with Crippen molar-refractivity contribution in [2.45, 2.75) is 25.3 Å². The Bertz CT molecular complexity index is 453. The molecule has 1 heterocycles. The predicted molar refractivity (Wildman–Crippen MR) is 70.3 cm³/mol. The summed E-state index contributed by atoms with van der Waals surface area (Å²) in [7, 11) is 0. The zero-order valence-corrected chi connectivity index (χ0v) is 11.0. The number of rotatable bonds is 2. The van der Waals surface area contributed by atoms with Gasteiger partial charge in [0.1, 0.15) is 5.82 Å². The van der Waals surface area contributed by atoms with Gasteiger partial charge in [0.2, 0.25) is 0 Å². The van der Waals surface area contributed by atoms with Crippen molar-refractivity contribution in [2.24, 2.45) is 5.73 Å². The zero-order valence-electron chi connectivity index (χ0n) is 11.0. The average Bonchev–Trinajstić information content (AvgIpc) is 2.38. The molecule has 0 aromatic heterocycles. The molecule has 0 spiro atoms. The monoisotopic (exact) mass is 266 g/mol. The molecular formula is C14H19FN2O2. The summed E-state index contributed by atoms with van der Waals surface area (Å²) in [5.41, 5.74) is 6.86. The first-order chi connectivity index (χ1) is 9.10. The number of halogens is 1. The molecule has 0 saturated carbocycles. The van der Waals surface area contributed by atoms with E-state index in [1.54, 1.807) is 17.9 Å². The van der Waals surface area contributed by atoms with Crippen LogP contribution in [0, 0.1) is 5.82 Å². The van der Waals surface area contributed by atoms with Crippen LogP contribution in [-0.2, 0) is 4.74 Å². The Morgan fingerprint density at radius 2 is 2.32 bits per heavy atom. The van der Waals surface area contributed by atoms with E-state index in [4.69, 9.17) is 10.5 Å². The van der Waals surface area contributed by atoms with Crippen molar-refractivity contribution in [3.63, 3.8) is 0 Å². The van der Waals surface area contributed by atoms with Gasteiger partial charge in [-0.05, 0) is 31.0 Å². The van der Waals surface area contributed by atoms with Crippen LogP contribution in [-0.4, -0.2) is 36.7 Å². The maximum atomic E-state index is 13.3. The number of piperidine rings is 1. The number of nitrogens with zero attached hydrogens (tertiary/aromatic N) is 1. The molecule has 0 radical (unpaired) electrons. The Morgan fingerprint density at radius 1 is 1.53 bits per heavy atom. The van der Waals surface area contributed by atoms with Crippen LogP contribution in [0.15, 0.2) is 24.3 Å². The number of nitrogens with two attached hydrogens (primary N) is 1. The molecule has 2 unspecified atom stereocenters. The number of carbonyl (C=O) groups excluding carboxylic acids is 1. The quantitative estimate of drug-likeness (QED) is 0.891. The molecule has 1 aromatic rings. The van der Waals surface area contributed by atoms with E-state index in [0.29, 0.717) is 19.7 Å². The molecule has 1 aliphatic rings. The summed E-state index contributed by atoms with van der Waals surface area (Å²) in [6.07, 6.45) is 0.401. The van der Waals surface area contributed by atoms with Crippen LogP contribution in [0.2, 0.25) is 0 Å². The Balaban J connectivity index is 2.11. The van der Waals surface area contributed by atoms with Gasteiger partial charge in [-0.25, -0.2) is 9.18 Å². The van der Waals surface area contributed by atoms with E-state index in [1.807, 2.05) is 6.07 Å². The molecule has 19 heavy (non-hydrogen) atoms. The van der Waals surface area contributed by atoms with Gasteiger partial charge in [-0.1, -0.05) is 12.1 Å². The van der Waals surface area contributed by atoms with Crippen molar-refractivity contribution in [3.8, 4) is 0 Å². The fourth-order valence-electron chi connectivity index (χ4n) is 2.50. The summed E-state index contributed by atoms with van der Waals surface area (Å²) in [6.45, 7) is 3.13. The number of amides is 1. The van der Waals surface area contributed by atoms with Crippen LogP contribution >= 0.6 is 0 Å². The van der Waals surface area contributed by atoms with Gasteiger partial charge in [-0.2, -0.15) is 0 Å². The van der Waals surface area contributed by atoms with Gasteiger partial charge in [0.15, 0.2) is 0 Å². The molecule has 2 rings (SSSR count). The van der Waals surface area contributed by atoms with Crippen molar-refractivity contribution >= 4 is 6.09 Å². The minimum atomic E-state index is -0.348. The highest BCUT2D eigenvalue weighted by Gasteiger charge is 2.29. The lowest BCUT2D eigenvalue weighted by Gasteiger charge is -2.35. The van der Waals surface area contributed by atoms with Gasteiger partial charge in [-0.15, -0.1) is 0 Å². The topological polar surface area (TPSA) is 55.6 Å². The maximum absolute atomic E-state index is 13.3. The van der Waals surface area contributed by atoms with Crippen molar-refractivity contribution < 1.29 is 13.9 Å². The summed E-state index contributed by atoms with van der Waals surface area (Å²) in [5, 5.41) is 0. The van der Waals surface area contributed by atoms with Crippen LogP contribution in [0.3, 0.4) is 0 Å². The van der Waals surface area contributed by atoms with Crippen LogP contribution in [0.5, 0.6) is 0 Å². The molecule has 2 atom stereocenters. The second-order valence-electron chi connectivity index (χ2n) is 4.85. The molecule has 1 fully saturated rings. The Morgan fingerprint density at radius 3 is 3.00 bits per heavy atom. The van der Waals surface area contributed by atoms with E-state index >= 15 is 0 Å². The molecule has 1 aliphatic heterocycles. The van der Waals surface area contributed by atoms with Crippen molar-refractivity contribution in [1.29, 1.82) is 0 Å². The minimum absolute atomic E-state index is 0.0591. The van der Waals surface area contributed by atoms with E-state index in [-0.39, 0.29) is 23.9 Å². The van der Waals surface area contributed by atoms with Crippen LogP contribution in [0.4, 0.5) is 9.18 Å². The molecule has 1 aromatic carbocycles. The third-order valence-corrected chi connectivity index (χ3v) is 3.33. The van der Waals surface area contributed by atoms with Gasteiger partial charge >= 0.3 is 6.09 Å². The summed E-state index contributed by atoms with van der Waals surface area (Å²) in [4.78, 5) is 13.4. The molecule has 2 N–H and O–H groups in total. The minimum Gasteiger partial charge on any atom is -0.450 e. The van der Waals surface area contributed by atoms with Gasteiger partial charge in [-0.3, -0.25) is 0 Å². The first-order valence-electron chi connectivity index (χ1n) is 6.53. The Labute approximate surface area is 112 Å². The van der Waals surface area contributed by atoms with Crippen LogP contribution in [0.1, 0.15) is 24.8 Å². The number of benzene rings is 1. The highest BCUT2D eigenvalue weighted by Crippen LogP contribution is 2.27. The fourth-order valence-corrected chi connectivity index (χ4v) is 2.50. The fraction of sp³-hybridized carbons (Fsp3) is 0.500. The second kappa shape index (κ2) is 6.02. The molecule has 0 aliphatic carbocycles. The third kappa shape index (κ3) is 3.44. The van der Waals surface area contributed by atoms with Crippen LogP contribution < -0.4 is 5.73 Å². The average molecular weight is 266 g/mol. The molecular weight excluding hydrogens is 247 g/mol. The predicted octanol–water partition coefficient (Wildman–Crippen LogP) is 2.10. The number of carbonyl (C=O) groups is 1. The van der Waals surface area contributed by atoms with Crippen molar-refractivity contribution in [3.05, 3.63) is 35.6 Å². The first-order valence-corrected chi connectivity index (χ1v) is 6.53. The van der Waals surface area contributed by atoms with E-state index in [2.05, 4.69) is 0 Å². The van der Waals surface area contributed by atoms with Gasteiger partial charge in [0, 0.05) is 25.0 Å². The molecule has 0 bridgehead atoms.